The van der Waals surface area contributed by atoms with Crippen molar-refractivity contribution >= 4 is 6.41 Å². The van der Waals surface area contributed by atoms with Gasteiger partial charge in [-0.15, -0.1) is 0 Å². The maximum Gasteiger partial charge on any atom is 0.211 e. The van der Waals surface area contributed by atoms with Gasteiger partial charge in [-0.2, -0.15) is 5.26 Å². The van der Waals surface area contributed by atoms with Crippen molar-refractivity contribution < 1.29 is 4.79 Å². The molecular formula is C5H6N2O. The number of hydrogen-bond acceptors (Lipinski definition) is 2. The van der Waals surface area contributed by atoms with Crippen LogP contribution in [-0.4, -0.2) is 6.41 Å². The smallest absolute Gasteiger partial charge is 0.211 e. The Morgan fingerprint density at radius 2 is 2.50 bits per heavy atom. The number of nitrogens with one attached hydrogen (secondary N) is 1. The lowest BCUT2D eigenvalue weighted by Gasteiger charge is -1.88. The highest BCUT2D eigenvalue weighted by molar-refractivity contribution is 5.49. The van der Waals surface area contributed by atoms with E-state index in [0.29, 0.717) is 12.1 Å². The first-order valence-corrected chi connectivity index (χ1v) is 2.08. The van der Waals surface area contributed by atoms with Gasteiger partial charge < -0.3 is 5.32 Å². The van der Waals surface area contributed by atoms with Gasteiger partial charge in [0, 0.05) is 11.8 Å². The summed E-state index contributed by atoms with van der Waals surface area (Å²) in [5, 5.41) is 10.3. The van der Waals surface area contributed by atoms with Crippen molar-refractivity contribution in [2.75, 3.05) is 0 Å². The van der Waals surface area contributed by atoms with Crippen molar-refractivity contribution in [2.45, 2.75) is 6.92 Å². The fourth-order valence-corrected chi connectivity index (χ4v) is 0.231. The molecule has 0 aromatic carbocycles. The SMILES string of the molecule is C/C(=C/C#N)NC=O. The number of rotatable bonds is 2. The van der Waals surface area contributed by atoms with E-state index in [0.717, 1.165) is 0 Å². The van der Waals surface area contributed by atoms with Crippen molar-refractivity contribution in [1.82, 2.24) is 5.32 Å². The Bertz CT molecular complexity index is 143. The van der Waals surface area contributed by atoms with Crippen LogP contribution < -0.4 is 5.32 Å². The normalized spacial score (nSPS) is 9.75. The summed E-state index contributed by atoms with van der Waals surface area (Å²) in [7, 11) is 0. The molecule has 0 saturated heterocycles. The van der Waals surface area contributed by atoms with E-state index in [-0.39, 0.29) is 0 Å². The Balaban J connectivity index is 3.65. The number of allylic oxidation sites excluding steroid dienone is 2. The molecule has 0 saturated carbocycles. The predicted octanol–water partition coefficient (Wildman–Crippen LogP) is 0.160. The Hall–Kier alpha value is -1.30. The van der Waals surface area contributed by atoms with Crippen LogP contribution in [-0.2, 0) is 4.79 Å². The number of carbonyl (C=O) groups is 1. The molecule has 0 radical (unpaired) electrons. The molecule has 0 atom stereocenters. The number of amides is 1. The van der Waals surface area contributed by atoms with Gasteiger partial charge in [-0.25, -0.2) is 0 Å². The molecule has 0 aliphatic rings. The molecule has 3 nitrogen and oxygen atoms in total. The first-order valence-electron chi connectivity index (χ1n) is 2.08. The Kier molecular flexibility index (Phi) is 3.25. The average molecular weight is 110 g/mol. The van der Waals surface area contributed by atoms with Crippen molar-refractivity contribution in [3.63, 3.8) is 0 Å². The molecule has 0 aromatic heterocycles. The van der Waals surface area contributed by atoms with Crippen LogP contribution in [0.4, 0.5) is 0 Å². The molecule has 0 aliphatic heterocycles. The summed E-state index contributed by atoms with van der Waals surface area (Å²) in [5.41, 5.74) is 0.558. The molecule has 8 heavy (non-hydrogen) atoms. The molecule has 1 amide bonds. The van der Waals surface area contributed by atoms with E-state index in [1.807, 2.05) is 0 Å². The second-order valence-corrected chi connectivity index (χ2v) is 1.22. The summed E-state index contributed by atoms with van der Waals surface area (Å²) >= 11 is 0. The van der Waals surface area contributed by atoms with E-state index < -0.39 is 0 Å². The van der Waals surface area contributed by atoms with Gasteiger partial charge in [-0.3, -0.25) is 4.79 Å². The van der Waals surface area contributed by atoms with Gasteiger partial charge in [0.15, 0.2) is 0 Å². The van der Waals surface area contributed by atoms with E-state index in [1.54, 1.807) is 13.0 Å². The van der Waals surface area contributed by atoms with Crippen LogP contribution in [0.25, 0.3) is 0 Å². The molecule has 42 valence electrons. The van der Waals surface area contributed by atoms with Crippen LogP contribution in [0.3, 0.4) is 0 Å². The Labute approximate surface area is 47.6 Å². The minimum Gasteiger partial charge on any atom is -0.332 e. The highest BCUT2D eigenvalue weighted by Crippen LogP contribution is 1.79. The number of nitriles is 1. The summed E-state index contributed by atoms with van der Waals surface area (Å²) in [4.78, 5) is 9.63. The zero-order valence-electron chi connectivity index (χ0n) is 4.51. The fourth-order valence-electron chi connectivity index (χ4n) is 0.231. The lowest BCUT2D eigenvalue weighted by Crippen LogP contribution is -2.05. The highest BCUT2D eigenvalue weighted by Gasteiger charge is 1.78. The van der Waals surface area contributed by atoms with Gasteiger partial charge in [-0.1, -0.05) is 0 Å². The molecular weight excluding hydrogens is 104 g/mol. The molecule has 1 N–H and O–H groups in total. The lowest BCUT2D eigenvalue weighted by atomic mass is 10.5. The van der Waals surface area contributed by atoms with Crippen molar-refractivity contribution in [3.05, 3.63) is 11.8 Å². The molecule has 0 fully saturated rings. The summed E-state index contributed by atoms with van der Waals surface area (Å²) in [6, 6.07) is 1.77. The van der Waals surface area contributed by atoms with Crippen LogP contribution in [0.2, 0.25) is 0 Å². The maximum atomic E-state index is 9.63. The molecule has 0 unspecified atom stereocenters. The van der Waals surface area contributed by atoms with Crippen LogP contribution >= 0.6 is 0 Å². The molecule has 0 aromatic rings. The Morgan fingerprint density at radius 1 is 1.88 bits per heavy atom. The number of carbonyl (C=O) groups excluding carboxylic acids is 1. The van der Waals surface area contributed by atoms with Crippen LogP contribution in [0.1, 0.15) is 6.92 Å². The van der Waals surface area contributed by atoms with E-state index in [2.05, 4.69) is 5.32 Å². The van der Waals surface area contributed by atoms with Gasteiger partial charge in [0.2, 0.25) is 6.41 Å². The maximum absolute atomic E-state index is 9.63. The zero-order chi connectivity index (χ0) is 6.41. The third kappa shape index (κ3) is 2.91. The zero-order valence-corrected chi connectivity index (χ0v) is 4.51. The average Bonchev–Trinajstić information content (AvgIpc) is 1.68. The van der Waals surface area contributed by atoms with Crippen LogP contribution in [0, 0.1) is 11.3 Å². The van der Waals surface area contributed by atoms with E-state index in [1.165, 1.54) is 6.08 Å². The molecule has 0 spiro atoms. The van der Waals surface area contributed by atoms with Crippen LogP contribution in [0.15, 0.2) is 11.8 Å². The van der Waals surface area contributed by atoms with Gasteiger partial charge in [0.05, 0.1) is 6.07 Å². The molecule has 0 bridgehead atoms. The van der Waals surface area contributed by atoms with Crippen molar-refractivity contribution in [1.29, 1.82) is 5.26 Å². The second-order valence-electron chi connectivity index (χ2n) is 1.22. The monoisotopic (exact) mass is 110 g/mol. The minimum absolute atomic E-state index is 0.531. The predicted molar refractivity (Wildman–Crippen MR) is 28.6 cm³/mol. The standard InChI is InChI=1S/C5H6N2O/c1-5(2-3-6)7-4-8/h2,4H,1H3,(H,7,8)/b5-2-. The first kappa shape index (κ1) is 6.70. The summed E-state index contributed by atoms with van der Waals surface area (Å²) in [6.45, 7) is 1.64. The van der Waals surface area contributed by atoms with Crippen molar-refractivity contribution in [3.8, 4) is 6.07 Å². The third-order valence-corrected chi connectivity index (χ3v) is 0.568. The summed E-state index contributed by atoms with van der Waals surface area (Å²) in [5.74, 6) is 0. The van der Waals surface area contributed by atoms with E-state index in [4.69, 9.17) is 5.26 Å². The van der Waals surface area contributed by atoms with Gasteiger partial charge in [-0.05, 0) is 6.92 Å². The van der Waals surface area contributed by atoms with E-state index >= 15 is 0 Å². The minimum atomic E-state index is 0.531. The Morgan fingerprint density at radius 3 is 2.88 bits per heavy atom. The van der Waals surface area contributed by atoms with Gasteiger partial charge in [0.25, 0.3) is 0 Å². The fraction of sp³-hybridized carbons (Fsp3) is 0.200. The number of hydrogen-bond donors (Lipinski definition) is 1. The molecule has 0 aliphatic carbocycles. The molecule has 0 rings (SSSR count). The lowest BCUT2D eigenvalue weighted by molar-refractivity contribution is -0.108. The van der Waals surface area contributed by atoms with E-state index in [9.17, 15) is 4.79 Å². The molecule has 3 heteroatoms. The quantitative estimate of drug-likeness (QED) is 0.406. The molecule has 0 heterocycles. The van der Waals surface area contributed by atoms with Gasteiger partial charge in [0.1, 0.15) is 0 Å². The topological polar surface area (TPSA) is 52.9 Å². The number of nitrogens with zero attached hydrogens (tertiary/aromatic N) is 1. The van der Waals surface area contributed by atoms with Gasteiger partial charge >= 0.3 is 0 Å². The third-order valence-electron chi connectivity index (χ3n) is 0.568. The summed E-state index contributed by atoms with van der Waals surface area (Å²) < 4.78 is 0. The van der Waals surface area contributed by atoms with Crippen molar-refractivity contribution in [2.24, 2.45) is 0 Å². The second kappa shape index (κ2) is 3.88. The largest absolute Gasteiger partial charge is 0.332 e. The highest BCUT2D eigenvalue weighted by atomic mass is 16.1. The summed E-state index contributed by atoms with van der Waals surface area (Å²) in [6.07, 6.45) is 1.79. The van der Waals surface area contributed by atoms with Crippen LogP contribution in [0.5, 0.6) is 0 Å². The first-order chi connectivity index (χ1) is 3.81.